The summed E-state index contributed by atoms with van der Waals surface area (Å²) in [4.78, 5) is 11.8. The largest absolute Gasteiger partial charge is 0.508 e. The maximum Gasteiger partial charge on any atom is 0.287 e. The molecule has 2 aromatic rings. The second-order valence-electron chi connectivity index (χ2n) is 4.14. The fourth-order valence-corrected chi connectivity index (χ4v) is 1.87. The zero-order chi connectivity index (χ0) is 14.5. The molecule has 0 saturated heterocycles. The van der Waals surface area contributed by atoms with E-state index < -0.39 is 5.56 Å². The van der Waals surface area contributed by atoms with Crippen molar-refractivity contribution in [1.82, 2.24) is 9.78 Å². The molecule has 20 heavy (non-hydrogen) atoms. The van der Waals surface area contributed by atoms with Gasteiger partial charge in [0.05, 0.1) is 25.0 Å². The molecule has 3 N–H and O–H groups in total. The number of phenols is 1. The molecule has 1 heterocycles. The number of phenolic OH excluding ortho intramolecular Hbond substituents is 1. The van der Waals surface area contributed by atoms with Crippen LogP contribution in [0, 0.1) is 0 Å². The average molecular weight is 296 g/mol. The summed E-state index contributed by atoms with van der Waals surface area (Å²) in [6.07, 6.45) is 1.44. The number of aliphatic hydroxyl groups excluding tert-OH is 1. The van der Waals surface area contributed by atoms with E-state index in [1.54, 1.807) is 24.3 Å². The van der Waals surface area contributed by atoms with E-state index in [0.717, 1.165) is 10.2 Å². The summed E-state index contributed by atoms with van der Waals surface area (Å²) in [5, 5.41) is 24.9. The predicted octanol–water partition coefficient (Wildman–Crippen LogP) is 1.21. The van der Waals surface area contributed by atoms with Crippen molar-refractivity contribution < 1.29 is 10.2 Å². The highest BCUT2D eigenvalue weighted by Gasteiger charge is 2.08. The molecular formula is C13H14ClN3O3. The van der Waals surface area contributed by atoms with E-state index in [-0.39, 0.29) is 23.9 Å². The molecule has 0 aliphatic carbocycles. The second kappa shape index (κ2) is 6.40. The number of aromatic hydroxyl groups is 1. The summed E-state index contributed by atoms with van der Waals surface area (Å²) in [6, 6.07) is 6.68. The summed E-state index contributed by atoms with van der Waals surface area (Å²) >= 11 is 5.97. The molecule has 0 atom stereocenters. The van der Waals surface area contributed by atoms with Crippen molar-refractivity contribution >= 4 is 17.3 Å². The van der Waals surface area contributed by atoms with Gasteiger partial charge >= 0.3 is 0 Å². The Morgan fingerprint density at radius 3 is 2.65 bits per heavy atom. The van der Waals surface area contributed by atoms with Crippen LogP contribution in [0.1, 0.15) is 5.56 Å². The van der Waals surface area contributed by atoms with Gasteiger partial charge in [-0.25, -0.2) is 4.68 Å². The molecule has 2 rings (SSSR count). The van der Waals surface area contributed by atoms with Crippen molar-refractivity contribution in [3.63, 3.8) is 0 Å². The molecule has 0 spiro atoms. The van der Waals surface area contributed by atoms with Crippen molar-refractivity contribution in [2.45, 2.75) is 13.1 Å². The number of halogens is 1. The standard InChI is InChI=1S/C13H14ClN3O3/c14-12-11(8-16-17(5-6-18)13(12)20)15-7-9-1-3-10(19)4-2-9/h1-4,8,15,18-19H,5-7H2. The number of rotatable bonds is 5. The zero-order valence-corrected chi connectivity index (χ0v) is 11.3. The summed E-state index contributed by atoms with van der Waals surface area (Å²) in [6.45, 7) is 0.380. The monoisotopic (exact) mass is 295 g/mol. The van der Waals surface area contributed by atoms with Crippen LogP contribution in [0.15, 0.2) is 35.3 Å². The summed E-state index contributed by atoms with van der Waals surface area (Å²) in [5.41, 5.74) is 0.911. The summed E-state index contributed by atoms with van der Waals surface area (Å²) in [7, 11) is 0. The van der Waals surface area contributed by atoms with Crippen LogP contribution in [-0.2, 0) is 13.1 Å². The Labute approximate surface area is 120 Å². The van der Waals surface area contributed by atoms with Gasteiger partial charge in [-0.05, 0) is 17.7 Å². The van der Waals surface area contributed by atoms with E-state index in [2.05, 4.69) is 10.4 Å². The minimum atomic E-state index is -0.448. The number of nitrogens with zero attached hydrogens (tertiary/aromatic N) is 2. The number of aromatic nitrogens is 2. The van der Waals surface area contributed by atoms with E-state index in [4.69, 9.17) is 16.7 Å². The molecule has 0 bridgehead atoms. The van der Waals surface area contributed by atoms with Crippen molar-refractivity contribution in [2.75, 3.05) is 11.9 Å². The molecule has 1 aromatic carbocycles. The number of hydrogen-bond acceptors (Lipinski definition) is 5. The Morgan fingerprint density at radius 1 is 1.30 bits per heavy atom. The van der Waals surface area contributed by atoms with Gasteiger partial charge in [-0.2, -0.15) is 5.10 Å². The lowest BCUT2D eigenvalue weighted by atomic mass is 10.2. The fourth-order valence-electron chi connectivity index (χ4n) is 1.65. The minimum absolute atomic E-state index is 0.0345. The van der Waals surface area contributed by atoms with E-state index in [0.29, 0.717) is 12.2 Å². The molecule has 106 valence electrons. The first-order valence-electron chi connectivity index (χ1n) is 6.00. The van der Waals surface area contributed by atoms with Crippen LogP contribution in [0.25, 0.3) is 0 Å². The molecule has 0 saturated carbocycles. The molecule has 0 radical (unpaired) electrons. The third-order valence-corrected chi connectivity index (χ3v) is 3.08. The van der Waals surface area contributed by atoms with Gasteiger partial charge in [0.25, 0.3) is 5.56 Å². The van der Waals surface area contributed by atoms with Gasteiger partial charge in [0.15, 0.2) is 0 Å². The molecule has 1 aromatic heterocycles. The van der Waals surface area contributed by atoms with Crippen molar-refractivity contribution in [3.8, 4) is 5.75 Å². The Bertz CT molecular complexity index is 640. The first-order chi connectivity index (χ1) is 9.61. The van der Waals surface area contributed by atoms with Gasteiger partial charge < -0.3 is 15.5 Å². The third kappa shape index (κ3) is 3.28. The highest BCUT2D eigenvalue weighted by Crippen LogP contribution is 2.17. The third-order valence-electron chi connectivity index (χ3n) is 2.72. The topological polar surface area (TPSA) is 87.4 Å². The Hall–Kier alpha value is -2.05. The normalized spacial score (nSPS) is 10.5. The Morgan fingerprint density at radius 2 is 2.00 bits per heavy atom. The molecule has 6 nitrogen and oxygen atoms in total. The lowest BCUT2D eigenvalue weighted by Gasteiger charge is -2.09. The number of aliphatic hydroxyl groups is 1. The van der Waals surface area contributed by atoms with E-state index in [1.165, 1.54) is 6.20 Å². The maximum absolute atomic E-state index is 11.8. The van der Waals surface area contributed by atoms with Gasteiger partial charge in [-0.1, -0.05) is 23.7 Å². The highest BCUT2D eigenvalue weighted by molar-refractivity contribution is 6.32. The van der Waals surface area contributed by atoms with E-state index in [9.17, 15) is 9.90 Å². The average Bonchev–Trinajstić information content (AvgIpc) is 2.45. The van der Waals surface area contributed by atoms with Crippen molar-refractivity contribution in [3.05, 3.63) is 51.4 Å². The molecule has 0 aliphatic heterocycles. The van der Waals surface area contributed by atoms with Gasteiger partial charge in [0, 0.05) is 6.54 Å². The van der Waals surface area contributed by atoms with Gasteiger partial charge in [0.1, 0.15) is 10.8 Å². The number of nitrogens with one attached hydrogen (secondary N) is 1. The molecule has 0 amide bonds. The van der Waals surface area contributed by atoms with E-state index >= 15 is 0 Å². The molecule has 7 heteroatoms. The van der Waals surface area contributed by atoms with Gasteiger partial charge in [0.2, 0.25) is 0 Å². The van der Waals surface area contributed by atoms with Crippen LogP contribution in [0.2, 0.25) is 5.02 Å². The van der Waals surface area contributed by atoms with E-state index in [1.807, 2.05) is 0 Å². The smallest absolute Gasteiger partial charge is 0.287 e. The van der Waals surface area contributed by atoms with Crippen LogP contribution in [-0.4, -0.2) is 26.6 Å². The highest BCUT2D eigenvalue weighted by atomic mass is 35.5. The number of hydrogen-bond donors (Lipinski definition) is 3. The van der Waals surface area contributed by atoms with Gasteiger partial charge in [-0.3, -0.25) is 4.79 Å². The lowest BCUT2D eigenvalue weighted by molar-refractivity contribution is 0.266. The second-order valence-corrected chi connectivity index (χ2v) is 4.52. The maximum atomic E-state index is 11.8. The molecule has 0 aliphatic rings. The first kappa shape index (κ1) is 14.4. The lowest BCUT2D eigenvalue weighted by Crippen LogP contribution is -2.25. The predicted molar refractivity (Wildman–Crippen MR) is 76.0 cm³/mol. The SMILES string of the molecule is O=c1c(Cl)c(NCc2ccc(O)cc2)cnn1CCO. The van der Waals surface area contributed by atoms with Gasteiger partial charge in [-0.15, -0.1) is 0 Å². The van der Waals surface area contributed by atoms with Crippen molar-refractivity contribution in [2.24, 2.45) is 0 Å². The van der Waals surface area contributed by atoms with Crippen LogP contribution in [0.4, 0.5) is 5.69 Å². The Kier molecular flexibility index (Phi) is 4.60. The van der Waals surface area contributed by atoms with Crippen molar-refractivity contribution in [1.29, 1.82) is 0 Å². The zero-order valence-electron chi connectivity index (χ0n) is 10.6. The fraction of sp³-hybridized carbons (Fsp3) is 0.231. The first-order valence-corrected chi connectivity index (χ1v) is 6.38. The quantitative estimate of drug-likeness (QED) is 0.772. The van der Waals surface area contributed by atoms with Crippen LogP contribution >= 0.6 is 11.6 Å². The van der Waals surface area contributed by atoms with Crippen LogP contribution in [0.5, 0.6) is 5.75 Å². The molecular weight excluding hydrogens is 282 g/mol. The number of anilines is 1. The summed E-state index contributed by atoms with van der Waals surface area (Å²) in [5.74, 6) is 0.194. The molecule has 0 unspecified atom stereocenters. The minimum Gasteiger partial charge on any atom is -0.508 e. The molecule has 0 fully saturated rings. The van der Waals surface area contributed by atoms with Crippen LogP contribution in [0.3, 0.4) is 0 Å². The summed E-state index contributed by atoms with van der Waals surface area (Å²) < 4.78 is 1.11. The number of benzene rings is 1. The Balaban J connectivity index is 2.12. The van der Waals surface area contributed by atoms with Crippen LogP contribution < -0.4 is 10.9 Å².